The molecule has 1 saturated heterocycles. The Bertz CT molecular complexity index is 550. The monoisotopic (exact) mass is 438 g/mol. The minimum absolute atomic E-state index is 0. The third-order valence-electron chi connectivity index (χ3n) is 4.42. The van der Waals surface area contributed by atoms with Crippen molar-refractivity contribution >= 4 is 36.4 Å². The van der Waals surface area contributed by atoms with E-state index in [1.54, 1.807) is 0 Å². The Labute approximate surface area is 169 Å². The van der Waals surface area contributed by atoms with E-state index in [9.17, 15) is 17.6 Å². The van der Waals surface area contributed by atoms with Gasteiger partial charge in [-0.2, -0.15) is 13.2 Å². The minimum atomic E-state index is -4.54. The minimum Gasteiger partial charge on any atom is -0.314 e. The standard InChI is InChI=1S/C17H23ClF4N2.2ClH/c1-2-3-4-5-15(24-8-6-23-7-9-24)13-10-12(17(20,21)22)11-14(18)16(13)19;;/h10-11,15,23H,2-9H2,1H3;2*1H/t15-;;/m0../s1. The zero-order valence-electron chi connectivity index (χ0n) is 14.5. The van der Waals surface area contributed by atoms with Gasteiger partial charge in [0.15, 0.2) is 0 Å². The molecule has 0 unspecified atom stereocenters. The van der Waals surface area contributed by atoms with Crippen LogP contribution in [-0.4, -0.2) is 31.1 Å². The van der Waals surface area contributed by atoms with Crippen LogP contribution >= 0.6 is 36.4 Å². The molecule has 1 N–H and O–H groups in total. The Morgan fingerprint density at radius 2 is 1.77 bits per heavy atom. The molecule has 2 nitrogen and oxygen atoms in total. The Hall–Kier alpha value is -0.270. The summed E-state index contributed by atoms with van der Waals surface area (Å²) in [4.78, 5) is 2.06. The van der Waals surface area contributed by atoms with E-state index < -0.39 is 22.6 Å². The molecule has 0 spiro atoms. The molecule has 152 valence electrons. The lowest BCUT2D eigenvalue weighted by molar-refractivity contribution is -0.137. The predicted octanol–water partition coefficient (Wildman–Crippen LogP) is 5.87. The van der Waals surface area contributed by atoms with E-state index in [2.05, 4.69) is 17.1 Å². The largest absolute Gasteiger partial charge is 0.416 e. The number of halogens is 7. The van der Waals surface area contributed by atoms with Gasteiger partial charge in [0, 0.05) is 37.8 Å². The number of hydrogen-bond donors (Lipinski definition) is 1. The predicted molar refractivity (Wildman–Crippen MR) is 102 cm³/mol. The number of nitrogens with zero attached hydrogens (tertiary/aromatic N) is 1. The maximum Gasteiger partial charge on any atom is 0.416 e. The summed E-state index contributed by atoms with van der Waals surface area (Å²) in [6.07, 6.45) is -1.10. The van der Waals surface area contributed by atoms with Gasteiger partial charge in [-0.1, -0.05) is 37.8 Å². The summed E-state index contributed by atoms with van der Waals surface area (Å²) in [5.41, 5.74) is -0.827. The highest BCUT2D eigenvalue weighted by Gasteiger charge is 2.34. The molecule has 1 heterocycles. The molecule has 1 aliphatic heterocycles. The van der Waals surface area contributed by atoms with Crippen molar-refractivity contribution in [1.82, 2.24) is 10.2 Å². The van der Waals surface area contributed by atoms with Crippen molar-refractivity contribution < 1.29 is 17.6 Å². The number of nitrogens with one attached hydrogen (secondary N) is 1. The molecule has 1 atom stereocenters. The van der Waals surface area contributed by atoms with Crippen LogP contribution in [0, 0.1) is 5.82 Å². The molecule has 1 aliphatic rings. The van der Waals surface area contributed by atoms with Gasteiger partial charge in [0.1, 0.15) is 5.82 Å². The highest BCUT2D eigenvalue weighted by atomic mass is 35.5. The summed E-state index contributed by atoms with van der Waals surface area (Å²) >= 11 is 5.76. The average molecular weight is 440 g/mol. The first-order valence-corrected chi connectivity index (χ1v) is 8.73. The number of rotatable bonds is 6. The SMILES string of the molecule is CCCCC[C@@H](c1cc(C(F)(F)F)cc(Cl)c1F)N1CCNCC1.Cl.Cl. The number of hydrogen-bond acceptors (Lipinski definition) is 2. The van der Waals surface area contributed by atoms with Crippen molar-refractivity contribution in [2.75, 3.05) is 26.2 Å². The molecule has 0 bridgehead atoms. The fraction of sp³-hybridized carbons (Fsp3) is 0.647. The third kappa shape index (κ3) is 6.71. The summed E-state index contributed by atoms with van der Waals surface area (Å²) in [5, 5.41) is 2.75. The number of alkyl halides is 3. The van der Waals surface area contributed by atoms with E-state index in [0.29, 0.717) is 25.6 Å². The summed E-state index contributed by atoms with van der Waals surface area (Å²) in [5.74, 6) is -0.732. The zero-order chi connectivity index (χ0) is 17.7. The van der Waals surface area contributed by atoms with Crippen molar-refractivity contribution in [2.24, 2.45) is 0 Å². The van der Waals surface area contributed by atoms with E-state index in [1.165, 1.54) is 0 Å². The van der Waals surface area contributed by atoms with Gasteiger partial charge in [-0.05, 0) is 18.6 Å². The quantitative estimate of drug-likeness (QED) is 0.440. The molecule has 26 heavy (non-hydrogen) atoms. The van der Waals surface area contributed by atoms with Gasteiger partial charge in [0.05, 0.1) is 10.6 Å². The van der Waals surface area contributed by atoms with Crippen LogP contribution in [-0.2, 0) is 6.18 Å². The van der Waals surface area contributed by atoms with Crippen LogP contribution in [0.4, 0.5) is 17.6 Å². The molecule has 0 aliphatic carbocycles. The maximum absolute atomic E-state index is 14.5. The summed E-state index contributed by atoms with van der Waals surface area (Å²) < 4.78 is 53.8. The lowest BCUT2D eigenvalue weighted by Gasteiger charge is -2.36. The molecular weight excluding hydrogens is 415 g/mol. The van der Waals surface area contributed by atoms with Gasteiger partial charge >= 0.3 is 6.18 Å². The Balaban J connectivity index is 0.00000312. The molecule has 0 saturated carbocycles. The average Bonchev–Trinajstić information content (AvgIpc) is 2.54. The lowest BCUT2D eigenvalue weighted by atomic mass is 9.95. The fourth-order valence-electron chi connectivity index (χ4n) is 3.13. The Morgan fingerprint density at radius 3 is 2.31 bits per heavy atom. The van der Waals surface area contributed by atoms with Crippen molar-refractivity contribution in [1.29, 1.82) is 0 Å². The van der Waals surface area contributed by atoms with E-state index in [-0.39, 0.29) is 36.4 Å². The summed E-state index contributed by atoms with van der Waals surface area (Å²) in [6, 6.07) is 1.22. The van der Waals surface area contributed by atoms with Crippen LogP contribution in [0.1, 0.15) is 49.8 Å². The second-order valence-corrected chi connectivity index (χ2v) is 6.56. The molecule has 0 aromatic heterocycles. The summed E-state index contributed by atoms with van der Waals surface area (Å²) in [6.45, 7) is 4.92. The molecule has 1 fully saturated rings. The smallest absolute Gasteiger partial charge is 0.314 e. The van der Waals surface area contributed by atoms with E-state index in [4.69, 9.17) is 11.6 Å². The van der Waals surface area contributed by atoms with Crippen LogP contribution in [0.15, 0.2) is 12.1 Å². The molecule has 9 heteroatoms. The molecule has 2 rings (SSSR count). The molecule has 1 aromatic rings. The second-order valence-electron chi connectivity index (χ2n) is 6.16. The van der Waals surface area contributed by atoms with Gasteiger partial charge in [-0.25, -0.2) is 4.39 Å². The Kier molecular flexibility index (Phi) is 11.4. The maximum atomic E-state index is 14.5. The van der Waals surface area contributed by atoms with Gasteiger partial charge in [-0.15, -0.1) is 24.8 Å². The van der Waals surface area contributed by atoms with E-state index in [0.717, 1.165) is 38.4 Å². The van der Waals surface area contributed by atoms with Crippen molar-refractivity contribution in [3.63, 3.8) is 0 Å². The van der Waals surface area contributed by atoms with Crippen LogP contribution < -0.4 is 5.32 Å². The number of benzene rings is 1. The Morgan fingerprint density at radius 1 is 1.15 bits per heavy atom. The second kappa shape index (κ2) is 11.5. The number of unbranched alkanes of at least 4 members (excludes halogenated alkanes) is 2. The number of piperazine rings is 1. The van der Waals surface area contributed by atoms with Crippen molar-refractivity contribution in [3.05, 3.63) is 34.1 Å². The summed E-state index contributed by atoms with van der Waals surface area (Å²) in [7, 11) is 0. The first-order valence-electron chi connectivity index (χ1n) is 8.35. The zero-order valence-corrected chi connectivity index (χ0v) is 16.9. The van der Waals surface area contributed by atoms with Crippen LogP contribution in [0.25, 0.3) is 0 Å². The molecular formula is C17H25Cl3F4N2. The van der Waals surface area contributed by atoms with Crippen LogP contribution in [0.5, 0.6) is 0 Å². The van der Waals surface area contributed by atoms with E-state index in [1.807, 2.05) is 0 Å². The normalized spacial score (nSPS) is 16.5. The van der Waals surface area contributed by atoms with Gasteiger partial charge in [0.2, 0.25) is 0 Å². The van der Waals surface area contributed by atoms with E-state index >= 15 is 0 Å². The van der Waals surface area contributed by atoms with Gasteiger partial charge in [-0.3, -0.25) is 4.90 Å². The fourth-order valence-corrected chi connectivity index (χ4v) is 3.36. The first-order chi connectivity index (χ1) is 11.3. The molecule has 0 amide bonds. The van der Waals surface area contributed by atoms with Crippen molar-refractivity contribution in [2.45, 2.75) is 44.8 Å². The third-order valence-corrected chi connectivity index (χ3v) is 4.69. The molecule has 0 radical (unpaired) electrons. The van der Waals surface area contributed by atoms with Gasteiger partial charge in [0.25, 0.3) is 0 Å². The van der Waals surface area contributed by atoms with Crippen LogP contribution in [0.2, 0.25) is 5.02 Å². The first kappa shape index (κ1) is 25.7. The van der Waals surface area contributed by atoms with Crippen LogP contribution in [0.3, 0.4) is 0 Å². The highest BCUT2D eigenvalue weighted by molar-refractivity contribution is 6.30. The van der Waals surface area contributed by atoms with Gasteiger partial charge < -0.3 is 5.32 Å². The lowest BCUT2D eigenvalue weighted by Crippen LogP contribution is -2.45. The highest BCUT2D eigenvalue weighted by Crippen LogP contribution is 2.38. The molecule has 1 aromatic carbocycles. The topological polar surface area (TPSA) is 15.3 Å². The van der Waals surface area contributed by atoms with Crippen molar-refractivity contribution in [3.8, 4) is 0 Å².